The van der Waals surface area contributed by atoms with Crippen LogP contribution in [-0.2, 0) is 11.2 Å². The highest BCUT2D eigenvalue weighted by Crippen LogP contribution is 2.32. The van der Waals surface area contributed by atoms with Gasteiger partial charge in [0.2, 0.25) is 5.91 Å². The minimum Gasteiger partial charge on any atom is -0.309 e. The Morgan fingerprint density at radius 1 is 1.25 bits per heavy atom. The Balaban J connectivity index is 1.58. The maximum Gasteiger partial charge on any atom is 0.233 e. The summed E-state index contributed by atoms with van der Waals surface area (Å²) in [6.07, 6.45) is 1.50. The molecule has 2 aromatic rings. The third kappa shape index (κ3) is 2.69. The number of likely N-dealkylation sites (tertiary alicyclic amines) is 1. The highest BCUT2D eigenvalue weighted by Gasteiger charge is 2.31. The van der Waals surface area contributed by atoms with Gasteiger partial charge in [-0.3, -0.25) is 14.7 Å². The molecule has 4 nitrogen and oxygen atoms in total. The molecule has 0 unspecified atom stereocenters. The molecular formula is C19H20FN3O. The first kappa shape index (κ1) is 15.3. The zero-order valence-corrected chi connectivity index (χ0v) is 13.7. The number of amides is 1. The third-order valence-electron chi connectivity index (χ3n) is 4.87. The van der Waals surface area contributed by atoms with Crippen LogP contribution in [0.2, 0.25) is 0 Å². The number of hydrogen-bond acceptors (Lipinski definition) is 3. The molecule has 0 radical (unpaired) electrons. The van der Waals surface area contributed by atoms with Gasteiger partial charge in [0.25, 0.3) is 0 Å². The van der Waals surface area contributed by atoms with Gasteiger partial charge in [-0.15, -0.1) is 0 Å². The Morgan fingerprint density at radius 2 is 2.04 bits per heavy atom. The SMILES string of the molecule is Cc1ccccc1-c1cnc2c(c1)N(CCN1CC(F)C1)C(=O)C2. The standard InChI is InChI=1S/C19H20FN3O/c1-13-4-2-3-5-16(13)14-8-18-17(21-10-14)9-19(24)23(18)7-6-22-11-15(20)12-22/h2-5,8,10,15H,6-7,9,11-12H2,1H3. The molecule has 0 spiro atoms. The average Bonchev–Trinajstić information content (AvgIpc) is 2.85. The van der Waals surface area contributed by atoms with E-state index in [4.69, 9.17) is 0 Å². The summed E-state index contributed by atoms with van der Waals surface area (Å²) in [6.45, 7) is 4.34. The predicted octanol–water partition coefficient (Wildman–Crippen LogP) is 2.60. The van der Waals surface area contributed by atoms with E-state index in [0.29, 0.717) is 32.6 Å². The summed E-state index contributed by atoms with van der Waals surface area (Å²) < 4.78 is 12.9. The van der Waals surface area contributed by atoms with E-state index in [-0.39, 0.29) is 5.91 Å². The number of nitrogens with zero attached hydrogens (tertiary/aromatic N) is 3. The Hall–Kier alpha value is -2.27. The number of halogens is 1. The maximum atomic E-state index is 12.9. The quantitative estimate of drug-likeness (QED) is 0.867. The van der Waals surface area contributed by atoms with Crippen molar-refractivity contribution in [3.63, 3.8) is 0 Å². The van der Waals surface area contributed by atoms with E-state index in [9.17, 15) is 9.18 Å². The topological polar surface area (TPSA) is 36.4 Å². The third-order valence-corrected chi connectivity index (χ3v) is 4.87. The van der Waals surface area contributed by atoms with E-state index in [1.807, 2.05) is 23.2 Å². The van der Waals surface area contributed by atoms with Gasteiger partial charge in [0, 0.05) is 37.9 Å². The van der Waals surface area contributed by atoms with Crippen LogP contribution in [0.4, 0.5) is 10.1 Å². The fraction of sp³-hybridized carbons (Fsp3) is 0.368. The fourth-order valence-electron chi connectivity index (χ4n) is 3.44. The van der Waals surface area contributed by atoms with Crippen molar-refractivity contribution in [2.45, 2.75) is 19.5 Å². The number of alkyl halides is 1. The lowest BCUT2D eigenvalue weighted by Gasteiger charge is -2.35. The van der Waals surface area contributed by atoms with E-state index < -0.39 is 6.17 Å². The van der Waals surface area contributed by atoms with Gasteiger partial charge >= 0.3 is 0 Å². The van der Waals surface area contributed by atoms with Gasteiger partial charge in [-0.2, -0.15) is 0 Å². The number of carbonyl (C=O) groups excluding carboxylic acids is 1. The van der Waals surface area contributed by atoms with E-state index in [1.54, 1.807) is 4.90 Å². The molecule has 1 saturated heterocycles. The van der Waals surface area contributed by atoms with Gasteiger partial charge in [0.15, 0.2) is 0 Å². The van der Waals surface area contributed by atoms with Crippen LogP contribution < -0.4 is 4.90 Å². The van der Waals surface area contributed by atoms with Crippen molar-refractivity contribution in [2.75, 3.05) is 31.1 Å². The molecule has 0 saturated carbocycles. The van der Waals surface area contributed by atoms with Gasteiger partial charge in [-0.05, 0) is 24.1 Å². The van der Waals surface area contributed by atoms with Gasteiger partial charge in [0.1, 0.15) is 6.17 Å². The Kier molecular flexibility index (Phi) is 3.81. The minimum absolute atomic E-state index is 0.0803. The number of pyridine rings is 1. The van der Waals surface area contributed by atoms with Gasteiger partial charge in [-0.25, -0.2) is 4.39 Å². The Bertz CT molecular complexity index is 786. The van der Waals surface area contributed by atoms with Gasteiger partial charge in [-0.1, -0.05) is 24.3 Å². The zero-order valence-electron chi connectivity index (χ0n) is 13.7. The monoisotopic (exact) mass is 325 g/mol. The first-order valence-corrected chi connectivity index (χ1v) is 8.33. The van der Waals surface area contributed by atoms with Crippen LogP contribution >= 0.6 is 0 Å². The molecule has 1 amide bonds. The van der Waals surface area contributed by atoms with Crippen LogP contribution in [0.1, 0.15) is 11.3 Å². The number of rotatable bonds is 4. The highest BCUT2D eigenvalue weighted by atomic mass is 19.1. The molecule has 2 aliphatic rings. The molecule has 0 aliphatic carbocycles. The average molecular weight is 325 g/mol. The van der Waals surface area contributed by atoms with Crippen molar-refractivity contribution in [3.8, 4) is 11.1 Å². The second kappa shape index (κ2) is 5.98. The van der Waals surface area contributed by atoms with Crippen molar-refractivity contribution in [3.05, 3.63) is 47.8 Å². The summed E-state index contributed by atoms with van der Waals surface area (Å²) in [5.41, 5.74) is 5.08. The van der Waals surface area contributed by atoms with Crippen LogP contribution in [0.25, 0.3) is 11.1 Å². The summed E-state index contributed by atoms with van der Waals surface area (Å²) in [5, 5.41) is 0. The van der Waals surface area contributed by atoms with Crippen LogP contribution in [0, 0.1) is 6.92 Å². The smallest absolute Gasteiger partial charge is 0.233 e. The lowest BCUT2D eigenvalue weighted by Crippen LogP contribution is -2.51. The fourth-order valence-corrected chi connectivity index (χ4v) is 3.44. The normalized spacial score (nSPS) is 17.9. The minimum atomic E-state index is -0.708. The van der Waals surface area contributed by atoms with Crippen LogP contribution in [0.3, 0.4) is 0 Å². The molecular weight excluding hydrogens is 305 g/mol. The molecule has 1 aromatic heterocycles. The molecule has 4 rings (SSSR count). The predicted molar refractivity (Wildman–Crippen MR) is 91.8 cm³/mol. The molecule has 24 heavy (non-hydrogen) atoms. The number of carbonyl (C=O) groups is 1. The molecule has 124 valence electrons. The lowest BCUT2D eigenvalue weighted by atomic mass is 10.0. The number of fused-ring (bicyclic) bond motifs is 1. The number of benzene rings is 1. The van der Waals surface area contributed by atoms with E-state index in [0.717, 1.165) is 22.5 Å². The second-order valence-corrected chi connectivity index (χ2v) is 6.58. The maximum absolute atomic E-state index is 12.9. The zero-order chi connectivity index (χ0) is 16.7. The number of anilines is 1. The number of aryl methyl sites for hydroxylation is 1. The molecule has 1 fully saturated rings. The first-order valence-electron chi connectivity index (χ1n) is 8.33. The van der Waals surface area contributed by atoms with Crippen molar-refractivity contribution >= 4 is 11.6 Å². The Labute approximate surface area is 140 Å². The summed E-state index contributed by atoms with van der Waals surface area (Å²) in [5.74, 6) is 0.0803. The summed E-state index contributed by atoms with van der Waals surface area (Å²) in [4.78, 5) is 20.7. The van der Waals surface area contributed by atoms with Crippen molar-refractivity contribution in [2.24, 2.45) is 0 Å². The Morgan fingerprint density at radius 3 is 2.79 bits per heavy atom. The molecule has 0 atom stereocenters. The molecule has 3 heterocycles. The molecule has 0 bridgehead atoms. The highest BCUT2D eigenvalue weighted by molar-refractivity contribution is 6.01. The molecule has 2 aliphatic heterocycles. The van der Waals surface area contributed by atoms with Crippen molar-refractivity contribution in [1.29, 1.82) is 0 Å². The molecule has 1 aromatic carbocycles. The van der Waals surface area contributed by atoms with Crippen molar-refractivity contribution < 1.29 is 9.18 Å². The van der Waals surface area contributed by atoms with Gasteiger partial charge < -0.3 is 4.90 Å². The molecule has 0 N–H and O–H groups in total. The van der Waals surface area contributed by atoms with Crippen LogP contribution in [-0.4, -0.2) is 48.1 Å². The molecule has 5 heteroatoms. The number of hydrogen-bond donors (Lipinski definition) is 0. The summed E-state index contributed by atoms with van der Waals surface area (Å²) >= 11 is 0. The van der Waals surface area contributed by atoms with E-state index in [1.165, 1.54) is 5.56 Å². The summed E-state index contributed by atoms with van der Waals surface area (Å²) in [7, 11) is 0. The lowest BCUT2D eigenvalue weighted by molar-refractivity contribution is -0.117. The van der Waals surface area contributed by atoms with Crippen molar-refractivity contribution in [1.82, 2.24) is 9.88 Å². The van der Waals surface area contributed by atoms with Crippen LogP contribution in [0.15, 0.2) is 36.5 Å². The van der Waals surface area contributed by atoms with E-state index in [2.05, 4.69) is 30.1 Å². The van der Waals surface area contributed by atoms with Crippen LogP contribution in [0.5, 0.6) is 0 Å². The summed E-state index contributed by atoms with van der Waals surface area (Å²) in [6, 6.07) is 10.2. The first-order chi connectivity index (χ1) is 11.6. The van der Waals surface area contributed by atoms with E-state index >= 15 is 0 Å². The second-order valence-electron chi connectivity index (χ2n) is 6.58. The van der Waals surface area contributed by atoms with Gasteiger partial charge in [0.05, 0.1) is 17.8 Å². The number of aromatic nitrogens is 1. The largest absolute Gasteiger partial charge is 0.309 e.